The SMILES string of the molecule is CC(C)(C)[Si](C)(C)OC1CCC(Nc2ccc(N)cn2)C1. The summed E-state index contributed by atoms with van der Waals surface area (Å²) in [6.07, 6.45) is 5.43. The van der Waals surface area contributed by atoms with Crippen molar-refractivity contribution in [2.45, 2.75) is 70.3 Å². The monoisotopic (exact) mass is 307 g/mol. The molecular weight excluding hydrogens is 278 g/mol. The third kappa shape index (κ3) is 4.20. The predicted molar refractivity (Wildman–Crippen MR) is 92.0 cm³/mol. The van der Waals surface area contributed by atoms with Crippen molar-refractivity contribution in [3.05, 3.63) is 18.3 Å². The fourth-order valence-corrected chi connectivity index (χ4v) is 3.87. The molecule has 1 heterocycles. The summed E-state index contributed by atoms with van der Waals surface area (Å²) in [6, 6.07) is 4.28. The van der Waals surface area contributed by atoms with Crippen molar-refractivity contribution in [3.8, 4) is 0 Å². The Morgan fingerprint density at radius 1 is 1.29 bits per heavy atom. The van der Waals surface area contributed by atoms with Gasteiger partial charge in [-0.2, -0.15) is 0 Å². The molecular formula is C16H29N3OSi. The van der Waals surface area contributed by atoms with Gasteiger partial charge in [0.2, 0.25) is 0 Å². The molecule has 21 heavy (non-hydrogen) atoms. The van der Waals surface area contributed by atoms with Crippen molar-refractivity contribution in [1.29, 1.82) is 0 Å². The number of nitrogens with one attached hydrogen (secondary N) is 1. The Morgan fingerprint density at radius 3 is 2.57 bits per heavy atom. The number of hydrogen-bond acceptors (Lipinski definition) is 4. The van der Waals surface area contributed by atoms with E-state index in [0.717, 1.165) is 25.1 Å². The molecule has 2 atom stereocenters. The quantitative estimate of drug-likeness (QED) is 0.825. The van der Waals surface area contributed by atoms with Crippen molar-refractivity contribution in [2.24, 2.45) is 0 Å². The Bertz CT molecular complexity index is 467. The smallest absolute Gasteiger partial charge is 0.192 e. The van der Waals surface area contributed by atoms with Crippen LogP contribution in [0.2, 0.25) is 18.1 Å². The van der Waals surface area contributed by atoms with Crippen LogP contribution in [-0.4, -0.2) is 25.4 Å². The Kier molecular flexibility index (Phi) is 4.63. The summed E-state index contributed by atoms with van der Waals surface area (Å²) in [5.41, 5.74) is 6.36. The van der Waals surface area contributed by atoms with Gasteiger partial charge in [0.15, 0.2) is 8.32 Å². The first-order chi connectivity index (χ1) is 9.67. The van der Waals surface area contributed by atoms with Crippen molar-refractivity contribution in [2.75, 3.05) is 11.1 Å². The molecule has 0 saturated heterocycles. The zero-order valence-corrected chi connectivity index (χ0v) is 14.9. The highest BCUT2D eigenvalue weighted by Crippen LogP contribution is 2.39. The average Bonchev–Trinajstić information content (AvgIpc) is 2.77. The van der Waals surface area contributed by atoms with E-state index in [1.54, 1.807) is 6.20 Å². The van der Waals surface area contributed by atoms with Crippen molar-refractivity contribution in [1.82, 2.24) is 4.98 Å². The van der Waals surface area contributed by atoms with Crippen LogP contribution in [0, 0.1) is 0 Å². The van der Waals surface area contributed by atoms with Gasteiger partial charge in [-0.25, -0.2) is 4.98 Å². The number of hydrogen-bond donors (Lipinski definition) is 2. The van der Waals surface area contributed by atoms with Crippen molar-refractivity contribution in [3.63, 3.8) is 0 Å². The molecule has 2 unspecified atom stereocenters. The summed E-state index contributed by atoms with van der Waals surface area (Å²) < 4.78 is 6.51. The van der Waals surface area contributed by atoms with Gasteiger partial charge < -0.3 is 15.5 Å². The fraction of sp³-hybridized carbons (Fsp3) is 0.688. The maximum absolute atomic E-state index is 6.51. The van der Waals surface area contributed by atoms with E-state index in [9.17, 15) is 0 Å². The van der Waals surface area contributed by atoms with Crippen LogP contribution >= 0.6 is 0 Å². The zero-order chi connectivity index (χ0) is 15.7. The van der Waals surface area contributed by atoms with E-state index < -0.39 is 8.32 Å². The van der Waals surface area contributed by atoms with Gasteiger partial charge in [0, 0.05) is 12.1 Å². The molecule has 4 nitrogen and oxygen atoms in total. The van der Waals surface area contributed by atoms with Crippen LogP contribution in [0.4, 0.5) is 11.5 Å². The third-order valence-electron chi connectivity index (χ3n) is 4.79. The van der Waals surface area contributed by atoms with Crippen molar-refractivity contribution >= 4 is 19.8 Å². The molecule has 0 aliphatic heterocycles. The van der Waals surface area contributed by atoms with E-state index in [1.165, 1.54) is 0 Å². The zero-order valence-electron chi connectivity index (χ0n) is 13.9. The molecule has 1 aliphatic carbocycles. The highest BCUT2D eigenvalue weighted by molar-refractivity contribution is 6.74. The first kappa shape index (κ1) is 16.3. The number of pyridine rings is 1. The molecule has 1 aromatic rings. The van der Waals surface area contributed by atoms with Gasteiger partial charge in [-0.3, -0.25) is 0 Å². The van der Waals surface area contributed by atoms with Crippen LogP contribution < -0.4 is 11.1 Å². The van der Waals surface area contributed by atoms with Gasteiger partial charge in [0.05, 0.1) is 11.9 Å². The van der Waals surface area contributed by atoms with Crippen LogP contribution in [-0.2, 0) is 4.43 Å². The predicted octanol–water partition coefficient (Wildman–Crippen LogP) is 4.02. The maximum atomic E-state index is 6.51. The number of nitrogens with two attached hydrogens (primary N) is 1. The minimum absolute atomic E-state index is 0.275. The molecule has 3 N–H and O–H groups in total. The highest BCUT2D eigenvalue weighted by Gasteiger charge is 2.40. The molecule has 0 spiro atoms. The van der Waals surface area contributed by atoms with Gasteiger partial charge >= 0.3 is 0 Å². The molecule has 1 aliphatic rings. The Morgan fingerprint density at radius 2 is 2.00 bits per heavy atom. The fourth-order valence-electron chi connectivity index (χ4n) is 2.47. The lowest BCUT2D eigenvalue weighted by molar-refractivity contribution is 0.187. The second-order valence-electron chi connectivity index (χ2n) is 7.63. The number of rotatable bonds is 4. The molecule has 0 bridgehead atoms. The average molecular weight is 308 g/mol. The summed E-state index contributed by atoms with van der Waals surface area (Å²) in [5.74, 6) is 0.905. The molecule has 1 fully saturated rings. The minimum Gasteiger partial charge on any atom is -0.414 e. The molecule has 1 saturated carbocycles. The summed E-state index contributed by atoms with van der Waals surface area (Å²) in [7, 11) is -1.66. The maximum Gasteiger partial charge on any atom is 0.192 e. The normalized spacial score (nSPS) is 23.3. The van der Waals surface area contributed by atoms with Gasteiger partial charge in [0.1, 0.15) is 5.82 Å². The summed E-state index contributed by atoms with van der Waals surface area (Å²) in [5, 5.41) is 3.77. The molecule has 0 aromatic carbocycles. The van der Waals surface area contributed by atoms with Gasteiger partial charge in [0.25, 0.3) is 0 Å². The van der Waals surface area contributed by atoms with Crippen LogP contribution in [0.3, 0.4) is 0 Å². The highest BCUT2D eigenvalue weighted by atomic mass is 28.4. The Labute approximate surface area is 129 Å². The van der Waals surface area contributed by atoms with E-state index in [4.69, 9.17) is 10.2 Å². The Hall–Kier alpha value is -1.07. The summed E-state index contributed by atoms with van der Waals surface area (Å²) in [4.78, 5) is 4.31. The standard InChI is InChI=1S/C16H29N3OSi/c1-16(2,3)21(4,5)20-14-8-7-13(10-14)19-15-9-6-12(17)11-18-15/h6,9,11,13-14H,7-8,10,17H2,1-5H3,(H,18,19). The molecule has 0 radical (unpaired) electrons. The molecule has 5 heteroatoms. The lowest BCUT2D eigenvalue weighted by Crippen LogP contribution is -2.43. The molecule has 118 valence electrons. The van der Waals surface area contributed by atoms with E-state index in [1.807, 2.05) is 12.1 Å². The molecule has 0 amide bonds. The second-order valence-corrected chi connectivity index (χ2v) is 12.4. The van der Waals surface area contributed by atoms with E-state index in [0.29, 0.717) is 17.8 Å². The largest absolute Gasteiger partial charge is 0.414 e. The van der Waals surface area contributed by atoms with Crippen LogP contribution in [0.5, 0.6) is 0 Å². The number of anilines is 2. The number of nitrogen functional groups attached to an aromatic ring is 1. The lowest BCUT2D eigenvalue weighted by Gasteiger charge is -2.38. The minimum atomic E-state index is -1.66. The number of nitrogens with zero attached hydrogens (tertiary/aromatic N) is 1. The van der Waals surface area contributed by atoms with E-state index in [2.05, 4.69) is 44.2 Å². The van der Waals surface area contributed by atoms with E-state index in [-0.39, 0.29) is 5.04 Å². The summed E-state index contributed by atoms with van der Waals surface area (Å²) >= 11 is 0. The molecule has 2 rings (SSSR count). The van der Waals surface area contributed by atoms with Crippen LogP contribution in [0.1, 0.15) is 40.0 Å². The second kappa shape index (κ2) is 5.97. The van der Waals surface area contributed by atoms with Crippen molar-refractivity contribution < 1.29 is 4.43 Å². The Balaban J connectivity index is 1.88. The first-order valence-electron chi connectivity index (χ1n) is 7.83. The molecule has 1 aromatic heterocycles. The lowest BCUT2D eigenvalue weighted by atomic mass is 10.2. The van der Waals surface area contributed by atoms with Gasteiger partial charge in [-0.05, 0) is 49.5 Å². The van der Waals surface area contributed by atoms with Crippen LogP contribution in [0.15, 0.2) is 18.3 Å². The van der Waals surface area contributed by atoms with E-state index >= 15 is 0 Å². The van der Waals surface area contributed by atoms with Gasteiger partial charge in [-0.1, -0.05) is 20.8 Å². The first-order valence-corrected chi connectivity index (χ1v) is 10.7. The third-order valence-corrected chi connectivity index (χ3v) is 9.33. The topological polar surface area (TPSA) is 60.2 Å². The van der Waals surface area contributed by atoms with Gasteiger partial charge in [-0.15, -0.1) is 0 Å². The van der Waals surface area contributed by atoms with Crippen LogP contribution in [0.25, 0.3) is 0 Å². The summed E-state index contributed by atoms with van der Waals surface area (Å²) in [6.45, 7) is 11.5. The number of aromatic nitrogens is 1.